The summed E-state index contributed by atoms with van der Waals surface area (Å²) in [6.45, 7) is 3.60. The fourth-order valence-electron chi connectivity index (χ4n) is 2.55. The van der Waals surface area contributed by atoms with Crippen LogP contribution in [0.3, 0.4) is 0 Å². The van der Waals surface area contributed by atoms with Gasteiger partial charge in [0.05, 0.1) is 5.75 Å². The molecule has 0 bridgehead atoms. The number of hydrogen-bond donors (Lipinski definition) is 1. The molecule has 25 heavy (non-hydrogen) atoms. The molecule has 2 aromatic carbocycles. The fraction of sp³-hybridized carbons (Fsp3) is 0.263. The zero-order valence-corrected chi connectivity index (χ0v) is 15.0. The van der Waals surface area contributed by atoms with E-state index >= 15 is 0 Å². The van der Waals surface area contributed by atoms with E-state index < -0.39 is 6.10 Å². The van der Waals surface area contributed by atoms with Crippen LogP contribution in [0.2, 0.25) is 0 Å². The third kappa shape index (κ3) is 3.96. The van der Waals surface area contributed by atoms with E-state index in [4.69, 9.17) is 4.74 Å². The van der Waals surface area contributed by atoms with E-state index in [0.717, 1.165) is 11.1 Å². The predicted molar refractivity (Wildman–Crippen MR) is 97.9 cm³/mol. The molecule has 2 atom stereocenters. The number of benzene rings is 2. The molecule has 2 unspecified atom stereocenters. The van der Waals surface area contributed by atoms with Gasteiger partial charge in [-0.25, -0.2) is 5.01 Å². The number of para-hydroxylation sites is 1. The molecule has 1 N–H and O–H groups in total. The number of hydrazine groups is 1. The third-order valence-electron chi connectivity index (χ3n) is 3.95. The summed E-state index contributed by atoms with van der Waals surface area (Å²) in [6, 6.07) is 17.2. The van der Waals surface area contributed by atoms with Crippen LogP contribution in [0.4, 0.5) is 0 Å². The Hall–Kier alpha value is -2.47. The van der Waals surface area contributed by atoms with E-state index in [1.54, 1.807) is 6.92 Å². The lowest BCUT2D eigenvalue weighted by molar-refractivity contribution is -0.142. The van der Waals surface area contributed by atoms with Gasteiger partial charge in [0.15, 0.2) is 6.10 Å². The van der Waals surface area contributed by atoms with Crippen LogP contribution < -0.4 is 10.2 Å². The molecule has 0 aliphatic carbocycles. The summed E-state index contributed by atoms with van der Waals surface area (Å²) in [4.78, 5) is 24.7. The van der Waals surface area contributed by atoms with Crippen LogP contribution in [0.1, 0.15) is 23.4 Å². The van der Waals surface area contributed by atoms with Gasteiger partial charge in [0.1, 0.15) is 11.1 Å². The molecule has 5 nitrogen and oxygen atoms in total. The Morgan fingerprint density at radius 2 is 1.88 bits per heavy atom. The molecule has 2 aromatic rings. The molecular weight excluding hydrogens is 336 g/mol. The van der Waals surface area contributed by atoms with Crippen molar-refractivity contribution < 1.29 is 14.3 Å². The Bertz CT molecular complexity index is 766. The highest BCUT2D eigenvalue weighted by Gasteiger charge is 2.35. The Morgan fingerprint density at radius 1 is 1.20 bits per heavy atom. The molecule has 1 aliphatic heterocycles. The van der Waals surface area contributed by atoms with Crippen molar-refractivity contribution in [2.24, 2.45) is 0 Å². The Balaban J connectivity index is 1.68. The highest BCUT2D eigenvalue weighted by atomic mass is 32.2. The van der Waals surface area contributed by atoms with Gasteiger partial charge in [0.25, 0.3) is 11.8 Å². The first-order valence-electron chi connectivity index (χ1n) is 8.07. The van der Waals surface area contributed by atoms with Crippen molar-refractivity contribution >= 4 is 23.6 Å². The van der Waals surface area contributed by atoms with Gasteiger partial charge in [-0.3, -0.25) is 15.0 Å². The second-order valence-corrected chi connectivity index (χ2v) is 6.91. The number of ether oxygens (including phenoxy) is 1. The zero-order chi connectivity index (χ0) is 17.8. The maximum Gasteiger partial charge on any atom is 0.279 e. The monoisotopic (exact) mass is 356 g/mol. The average molecular weight is 356 g/mol. The van der Waals surface area contributed by atoms with Crippen molar-refractivity contribution in [3.05, 3.63) is 65.7 Å². The van der Waals surface area contributed by atoms with Gasteiger partial charge in [0, 0.05) is 0 Å². The van der Waals surface area contributed by atoms with Crippen LogP contribution in [0.25, 0.3) is 0 Å². The number of nitrogens with one attached hydrogen (secondary N) is 1. The van der Waals surface area contributed by atoms with Crippen LogP contribution in [-0.4, -0.2) is 28.7 Å². The minimum Gasteiger partial charge on any atom is -0.481 e. The number of carbonyl (C=O) groups is 2. The molecule has 130 valence electrons. The number of rotatable bonds is 5. The van der Waals surface area contributed by atoms with Gasteiger partial charge < -0.3 is 4.74 Å². The van der Waals surface area contributed by atoms with Crippen LogP contribution in [0.5, 0.6) is 5.75 Å². The molecular formula is C19H20N2O3S. The smallest absolute Gasteiger partial charge is 0.279 e. The number of carbonyl (C=O) groups excluding carboxylic acids is 2. The maximum atomic E-state index is 12.5. The van der Waals surface area contributed by atoms with E-state index in [1.807, 2.05) is 61.5 Å². The first-order chi connectivity index (χ1) is 12.1. The van der Waals surface area contributed by atoms with Gasteiger partial charge in [0.2, 0.25) is 0 Å². The van der Waals surface area contributed by atoms with E-state index in [2.05, 4.69) is 5.43 Å². The summed E-state index contributed by atoms with van der Waals surface area (Å²) >= 11 is 1.49. The normalized spacial score (nSPS) is 18.1. The quantitative estimate of drug-likeness (QED) is 0.894. The molecule has 6 heteroatoms. The number of amides is 2. The van der Waals surface area contributed by atoms with Crippen LogP contribution in [-0.2, 0) is 9.59 Å². The van der Waals surface area contributed by atoms with Gasteiger partial charge in [-0.05, 0) is 31.0 Å². The maximum absolute atomic E-state index is 12.5. The predicted octanol–water partition coefficient (Wildman–Crippen LogP) is 3.07. The minimum atomic E-state index is -0.712. The number of thioether (sulfide) groups is 1. The molecule has 0 spiro atoms. The number of nitrogens with zero attached hydrogens (tertiary/aromatic N) is 1. The average Bonchev–Trinajstić information content (AvgIpc) is 2.98. The third-order valence-corrected chi connectivity index (χ3v) is 5.16. The van der Waals surface area contributed by atoms with Crippen molar-refractivity contribution in [1.82, 2.24) is 10.4 Å². The summed E-state index contributed by atoms with van der Waals surface area (Å²) in [5, 5.41) is 1.18. The molecule has 0 saturated carbocycles. The lowest BCUT2D eigenvalue weighted by Gasteiger charge is -2.26. The van der Waals surface area contributed by atoms with Crippen molar-refractivity contribution in [1.29, 1.82) is 0 Å². The van der Waals surface area contributed by atoms with Crippen molar-refractivity contribution in [3.63, 3.8) is 0 Å². The lowest BCUT2D eigenvalue weighted by atomic mass is 10.2. The largest absolute Gasteiger partial charge is 0.481 e. The van der Waals surface area contributed by atoms with E-state index in [0.29, 0.717) is 11.5 Å². The molecule has 3 rings (SSSR count). The number of aryl methyl sites for hydroxylation is 1. The van der Waals surface area contributed by atoms with Crippen molar-refractivity contribution in [2.75, 3.05) is 5.75 Å². The van der Waals surface area contributed by atoms with Crippen molar-refractivity contribution in [3.8, 4) is 5.75 Å². The fourth-order valence-corrected chi connectivity index (χ4v) is 3.66. The highest BCUT2D eigenvalue weighted by molar-refractivity contribution is 8.00. The minimum absolute atomic E-state index is 0.115. The summed E-state index contributed by atoms with van der Waals surface area (Å²) in [6.07, 6.45) is -0.712. The summed E-state index contributed by atoms with van der Waals surface area (Å²) in [7, 11) is 0. The molecule has 1 saturated heterocycles. The standard InChI is InChI=1S/C19H20N2O3S/c1-13-8-6-7-11-16(13)24-14(2)18(23)20-21-17(22)12-25-19(21)15-9-4-3-5-10-15/h3-11,14,19H,12H2,1-2H3,(H,20,23). The molecule has 1 aliphatic rings. The van der Waals surface area contributed by atoms with Crippen LogP contribution >= 0.6 is 11.8 Å². The zero-order valence-electron chi connectivity index (χ0n) is 14.1. The SMILES string of the molecule is Cc1ccccc1OC(C)C(=O)NN1C(=O)CSC1c1ccccc1. The Labute approximate surface area is 151 Å². The van der Waals surface area contributed by atoms with Gasteiger partial charge >= 0.3 is 0 Å². The summed E-state index contributed by atoms with van der Waals surface area (Å²) < 4.78 is 5.74. The second-order valence-electron chi connectivity index (χ2n) is 5.84. The molecule has 2 amide bonds. The van der Waals surface area contributed by atoms with Gasteiger partial charge in [-0.15, -0.1) is 11.8 Å². The summed E-state index contributed by atoms with van der Waals surface area (Å²) in [5.41, 5.74) is 4.65. The first-order valence-corrected chi connectivity index (χ1v) is 9.12. The number of hydrogen-bond acceptors (Lipinski definition) is 4. The molecule has 0 aromatic heterocycles. The lowest BCUT2D eigenvalue weighted by Crippen LogP contribution is -2.49. The molecule has 0 radical (unpaired) electrons. The molecule has 1 fully saturated rings. The van der Waals surface area contributed by atoms with E-state index in [1.165, 1.54) is 16.8 Å². The highest BCUT2D eigenvalue weighted by Crippen LogP contribution is 2.37. The van der Waals surface area contributed by atoms with Gasteiger partial charge in [-0.2, -0.15) is 0 Å². The van der Waals surface area contributed by atoms with E-state index in [9.17, 15) is 9.59 Å². The van der Waals surface area contributed by atoms with E-state index in [-0.39, 0.29) is 17.2 Å². The Kier molecular flexibility index (Phi) is 5.28. The topological polar surface area (TPSA) is 58.6 Å². The van der Waals surface area contributed by atoms with Crippen LogP contribution in [0, 0.1) is 6.92 Å². The summed E-state index contributed by atoms with van der Waals surface area (Å²) in [5.74, 6) is 0.537. The van der Waals surface area contributed by atoms with Gasteiger partial charge in [-0.1, -0.05) is 48.5 Å². The van der Waals surface area contributed by atoms with Crippen molar-refractivity contribution in [2.45, 2.75) is 25.3 Å². The Morgan fingerprint density at radius 3 is 2.60 bits per heavy atom. The molecule has 1 heterocycles. The first kappa shape index (κ1) is 17.4. The van der Waals surface area contributed by atoms with Crippen LogP contribution in [0.15, 0.2) is 54.6 Å². The second kappa shape index (κ2) is 7.61.